The Labute approximate surface area is 152 Å². The van der Waals surface area contributed by atoms with E-state index in [1.165, 1.54) is 36.7 Å². The van der Waals surface area contributed by atoms with Gasteiger partial charge >= 0.3 is 5.97 Å². The highest BCUT2D eigenvalue weighted by Gasteiger charge is 2.21. The van der Waals surface area contributed by atoms with Gasteiger partial charge in [-0.2, -0.15) is 0 Å². The molecule has 1 aliphatic carbocycles. The summed E-state index contributed by atoms with van der Waals surface area (Å²) in [7, 11) is 0. The van der Waals surface area contributed by atoms with Crippen molar-refractivity contribution in [1.29, 1.82) is 0 Å². The minimum Gasteiger partial charge on any atom is -0.453 e. The fourth-order valence-corrected chi connectivity index (χ4v) is 3.67. The molecule has 138 valence electrons. The third kappa shape index (κ3) is 7.46. The smallest absolute Gasteiger partial charge is 0.307 e. The van der Waals surface area contributed by atoms with Gasteiger partial charge in [-0.1, -0.05) is 25.7 Å². The largest absolute Gasteiger partial charge is 0.453 e. The molecule has 1 aliphatic rings. The molecule has 0 spiro atoms. The van der Waals surface area contributed by atoms with E-state index in [0.717, 1.165) is 30.6 Å². The van der Waals surface area contributed by atoms with E-state index in [9.17, 15) is 14.0 Å². The zero-order valence-electron chi connectivity index (χ0n) is 14.6. The standard InChI is InChI=1S/C19H26FNO3S/c1-14(19(23)21-16-6-4-2-3-5-7-16)24-18(22)12-13-25-17-10-8-15(20)9-11-17/h8-11,14,16H,2-7,12-13H2,1H3,(H,21,23)/t14-/m1/s1. The predicted molar refractivity (Wildman–Crippen MR) is 96.9 cm³/mol. The van der Waals surface area contributed by atoms with Crippen LogP contribution in [0.15, 0.2) is 29.2 Å². The minimum absolute atomic E-state index is 0.199. The molecule has 0 heterocycles. The van der Waals surface area contributed by atoms with Crippen LogP contribution in [0.1, 0.15) is 51.9 Å². The first-order chi connectivity index (χ1) is 12.0. The Kier molecular flexibility index (Phi) is 8.25. The summed E-state index contributed by atoms with van der Waals surface area (Å²) in [6.07, 6.45) is 6.17. The molecule has 0 aromatic heterocycles. The van der Waals surface area contributed by atoms with Crippen molar-refractivity contribution >= 4 is 23.6 Å². The number of esters is 1. The molecule has 1 aromatic rings. The molecule has 25 heavy (non-hydrogen) atoms. The Hall–Kier alpha value is -1.56. The van der Waals surface area contributed by atoms with Crippen molar-refractivity contribution in [2.24, 2.45) is 0 Å². The van der Waals surface area contributed by atoms with Gasteiger partial charge in [0, 0.05) is 16.7 Å². The molecule has 1 atom stereocenters. The molecule has 1 saturated carbocycles. The summed E-state index contributed by atoms with van der Waals surface area (Å²) in [5.74, 6) is -0.358. The van der Waals surface area contributed by atoms with E-state index in [4.69, 9.17) is 4.74 Å². The summed E-state index contributed by atoms with van der Waals surface area (Å²) in [4.78, 5) is 24.9. The molecule has 0 unspecified atom stereocenters. The van der Waals surface area contributed by atoms with E-state index in [1.54, 1.807) is 19.1 Å². The molecule has 1 aromatic carbocycles. The van der Waals surface area contributed by atoms with Crippen LogP contribution in [0.4, 0.5) is 4.39 Å². The molecule has 4 nitrogen and oxygen atoms in total. The van der Waals surface area contributed by atoms with Crippen LogP contribution in [0, 0.1) is 5.82 Å². The molecule has 0 aliphatic heterocycles. The number of hydrogen-bond donors (Lipinski definition) is 1. The lowest BCUT2D eigenvalue weighted by Gasteiger charge is -2.19. The SMILES string of the molecule is C[C@@H](OC(=O)CCSc1ccc(F)cc1)C(=O)NC1CCCCCC1. The van der Waals surface area contributed by atoms with Crippen LogP contribution < -0.4 is 5.32 Å². The first-order valence-corrected chi connectivity index (χ1v) is 9.91. The van der Waals surface area contributed by atoms with Gasteiger partial charge in [-0.05, 0) is 44.0 Å². The fraction of sp³-hybridized carbons (Fsp3) is 0.579. The average molecular weight is 367 g/mol. The summed E-state index contributed by atoms with van der Waals surface area (Å²) < 4.78 is 18.0. The molecule has 1 fully saturated rings. The van der Waals surface area contributed by atoms with Gasteiger partial charge in [-0.25, -0.2) is 4.39 Å². The fourth-order valence-electron chi connectivity index (χ4n) is 2.83. The molecule has 0 radical (unpaired) electrons. The number of hydrogen-bond acceptors (Lipinski definition) is 4. The summed E-state index contributed by atoms with van der Waals surface area (Å²) in [5, 5.41) is 2.99. The van der Waals surface area contributed by atoms with Crippen LogP contribution in [0.5, 0.6) is 0 Å². The van der Waals surface area contributed by atoms with Gasteiger partial charge in [-0.15, -0.1) is 11.8 Å². The molecule has 2 rings (SSSR count). The van der Waals surface area contributed by atoms with Crippen molar-refractivity contribution < 1.29 is 18.7 Å². The first kappa shape index (κ1) is 19.8. The molecular formula is C19H26FNO3S. The Morgan fingerprint density at radius 1 is 1.20 bits per heavy atom. The molecule has 6 heteroatoms. The topological polar surface area (TPSA) is 55.4 Å². The van der Waals surface area contributed by atoms with Crippen molar-refractivity contribution in [2.75, 3.05) is 5.75 Å². The van der Waals surface area contributed by atoms with E-state index in [1.807, 2.05) is 0 Å². The number of halogens is 1. The number of thioether (sulfide) groups is 1. The number of amides is 1. The van der Waals surface area contributed by atoms with Gasteiger partial charge in [0.2, 0.25) is 0 Å². The third-order valence-electron chi connectivity index (χ3n) is 4.27. The van der Waals surface area contributed by atoms with Crippen molar-refractivity contribution in [1.82, 2.24) is 5.32 Å². The van der Waals surface area contributed by atoms with E-state index >= 15 is 0 Å². The first-order valence-electron chi connectivity index (χ1n) is 8.93. The summed E-state index contributed by atoms with van der Waals surface area (Å²) in [5.41, 5.74) is 0. The summed E-state index contributed by atoms with van der Waals surface area (Å²) in [6, 6.07) is 6.33. The van der Waals surface area contributed by atoms with Crippen LogP contribution in [-0.4, -0.2) is 29.8 Å². The van der Waals surface area contributed by atoms with E-state index < -0.39 is 12.1 Å². The van der Waals surface area contributed by atoms with Crippen molar-refractivity contribution in [3.05, 3.63) is 30.1 Å². The normalized spacial score (nSPS) is 16.7. The van der Waals surface area contributed by atoms with E-state index in [-0.39, 0.29) is 24.2 Å². The second-order valence-corrected chi connectivity index (χ2v) is 7.55. The van der Waals surface area contributed by atoms with Gasteiger partial charge in [0.15, 0.2) is 6.10 Å². The highest BCUT2D eigenvalue weighted by Crippen LogP contribution is 2.19. The Balaban J connectivity index is 1.66. The van der Waals surface area contributed by atoms with Crippen LogP contribution in [-0.2, 0) is 14.3 Å². The minimum atomic E-state index is -0.772. The lowest BCUT2D eigenvalue weighted by Crippen LogP contribution is -2.41. The van der Waals surface area contributed by atoms with Crippen molar-refractivity contribution in [2.45, 2.75) is 68.9 Å². The Bertz CT molecular complexity index is 556. The number of carbonyl (C=O) groups excluding carboxylic acids is 2. The molecule has 1 amide bonds. The summed E-state index contributed by atoms with van der Waals surface area (Å²) >= 11 is 1.46. The lowest BCUT2D eigenvalue weighted by atomic mass is 10.1. The second kappa shape index (κ2) is 10.4. The van der Waals surface area contributed by atoms with Crippen LogP contribution in [0.2, 0.25) is 0 Å². The third-order valence-corrected chi connectivity index (χ3v) is 5.28. The predicted octanol–water partition coefficient (Wildman–Crippen LogP) is 4.08. The monoisotopic (exact) mass is 367 g/mol. The second-order valence-electron chi connectivity index (χ2n) is 6.38. The van der Waals surface area contributed by atoms with E-state index in [0.29, 0.717) is 5.75 Å². The number of benzene rings is 1. The molecular weight excluding hydrogens is 341 g/mol. The Morgan fingerprint density at radius 3 is 2.48 bits per heavy atom. The van der Waals surface area contributed by atoms with Crippen LogP contribution >= 0.6 is 11.8 Å². The summed E-state index contributed by atoms with van der Waals surface area (Å²) in [6.45, 7) is 1.61. The molecule has 0 bridgehead atoms. The van der Waals surface area contributed by atoms with Gasteiger partial charge in [-0.3, -0.25) is 9.59 Å². The zero-order valence-corrected chi connectivity index (χ0v) is 15.4. The van der Waals surface area contributed by atoms with Crippen LogP contribution in [0.3, 0.4) is 0 Å². The number of ether oxygens (including phenoxy) is 1. The van der Waals surface area contributed by atoms with Gasteiger partial charge in [0.1, 0.15) is 5.82 Å². The average Bonchev–Trinajstić information content (AvgIpc) is 2.85. The number of nitrogens with one attached hydrogen (secondary N) is 1. The van der Waals surface area contributed by atoms with Crippen molar-refractivity contribution in [3.8, 4) is 0 Å². The van der Waals surface area contributed by atoms with Gasteiger partial charge in [0.05, 0.1) is 6.42 Å². The van der Waals surface area contributed by atoms with E-state index in [2.05, 4.69) is 5.32 Å². The maximum absolute atomic E-state index is 12.8. The maximum Gasteiger partial charge on any atom is 0.307 e. The van der Waals surface area contributed by atoms with Crippen LogP contribution in [0.25, 0.3) is 0 Å². The van der Waals surface area contributed by atoms with Gasteiger partial charge < -0.3 is 10.1 Å². The number of rotatable bonds is 7. The molecule has 1 N–H and O–H groups in total. The van der Waals surface area contributed by atoms with Crippen molar-refractivity contribution in [3.63, 3.8) is 0 Å². The zero-order chi connectivity index (χ0) is 18.1. The molecule has 0 saturated heterocycles. The maximum atomic E-state index is 12.8. The quantitative estimate of drug-likeness (QED) is 0.448. The highest BCUT2D eigenvalue weighted by atomic mass is 32.2. The number of carbonyl (C=O) groups is 2. The van der Waals surface area contributed by atoms with Gasteiger partial charge in [0.25, 0.3) is 5.91 Å². The lowest BCUT2D eigenvalue weighted by molar-refractivity contribution is -0.154. The highest BCUT2D eigenvalue weighted by molar-refractivity contribution is 7.99. The Morgan fingerprint density at radius 2 is 1.84 bits per heavy atom.